The van der Waals surface area contributed by atoms with Gasteiger partial charge < -0.3 is 5.32 Å². The Hall–Kier alpha value is -2.66. The molecule has 1 amide bonds. The summed E-state index contributed by atoms with van der Waals surface area (Å²) in [6, 6.07) is 19.8. The minimum absolute atomic E-state index is 0.0535. The average molecular weight is 363 g/mol. The van der Waals surface area contributed by atoms with Crippen molar-refractivity contribution in [1.82, 2.24) is 9.97 Å². The zero-order valence-electron chi connectivity index (χ0n) is 14.9. The summed E-state index contributed by atoms with van der Waals surface area (Å²) >= 11 is 1.35. The van der Waals surface area contributed by atoms with Crippen LogP contribution in [0.3, 0.4) is 0 Å². The first kappa shape index (κ1) is 18.1. The number of aromatic nitrogens is 2. The lowest BCUT2D eigenvalue weighted by atomic mass is 10.1. The van der Waals surface area contributed by atoms with Crippen LogP contribution in [0, 0.1) is 6.92 Å². The molecule has 0 radical (unpaired) electrons. The van der Waals surface area contributed by atoms with Crippen LogP contribution in [0.4, 0.5) is 5.69 Å². The standard InChI is InChI=1S/C21H21N3OS/c1-3-16-9-7-8-12-18(16)23-20(25)14-26-21-22-15(2)13-19(24-21)17-10-5-4-6-11-17/h4-13H,3,14H2,1-2H3,(H,23,25). The second-order valence-corrected chi connectivity index (χ2v) is 6.83. The molecule has 0 saturated carbocycles. The van der Waals surface area contributed by atoms with Crippen molar-refractivity contribution in [2.45, 2.75) is 25.4 Å². The van der Waals surface area contributed by atoms with E-state index < -0.39 is 0 Å². The van der Waals surface area contributed by atoms with Crippen molar-refractivity contribution in [2.24, 2.45) is 0 Å². The van der Waals surface area contributed by atoms with Gasteiger partial charge in [-0.3, -0.25) is 4.79 Å². The molecule has 1 aromatic heterocycles. The van der Waals surface area contributed by atoms with E-state index in [-0.39, 0.29) is 11.7 Å². The normalized spacial score (nSPS) is 10.5. The quantitative estimate of drug-likeness (QED) is 0.507. The molecule has 1 N–H and O–H groups in total. The number of carbonyl (C=O) groups excluding carboxylic acids is 1. The summed E-state index contributed by atoms with van der Waals surface area (Å²) in [4.78, 5) is 21.3. The Labute approximate surface area is 158 Å². The molecule has 3 rings (SSSR count). The Balaban J connectivity index is 1.68. The number of anilines is 1. The van der Waals surface area contributed by atoms with E-state index >= 15 is 0 Å². The lowest BCUT2D eigenvalue weighted by Gasteiger charge is -2.09. The van der Waals surface area contributed by atoms with E-state index in [1.54, 1.807) is 0 Å². The van der Waals surface area contributed by atoms with Gasteiger partial charge in [0.25, 0.3) is 0 Å². The number of aryl methyl sites for hydroxylation is 2. The van der Waals surface area contributed by atoms with Crippen molar-refractivity contribution in [3.63, 3.8) is 0 Å². The van der Waals surface area contributed by atoms with Crippen molar-refractivity contribution >= 4 is 23.4 Å². The zero-order valence-corrected chi connectivity index (χ0v) is 15.7. The molecule has 0 saturated heterocycles. The third kappa shape index (κ3) is 4.70. The molecule has 0 bridgehead atoms. The number of para-hydroxylation sites is 1. The second-order valence-electron chi connectivity index (χ2n) is 5.89. The van der Waals surface area contributed by atoms with Crippen molar-refractivity contribution in [3.05, 3.63) is 71.9 Å². The minimum atomic E-state index is -0.0535. The Morgan fingerprint density at radius 1 is 1.04 bits per heavy atom. The SMILES string of the molecule is CCc1ccccc1NC(=O)CSc1nc(C)cc(-c2ccccc2)n1. The van der Waals surface area contributed by atoms with E-state index in [4.69, 9.17) is 0 Å². The van der Waals surface area contributed by atoms with Crippen LogP contribution in [-0.2, 0) is 11.2 Å². The number of thioether (sulfide) groups is 1. The average Bonchev–Trinajstić information content (AvgIpc) is 2.67. The van der Waals surface area contributed by atoms with E-state index in [0.29, 0.717) is 5.16 Å². The fourth-order valence-electron chi connectivity index (χ4n) is 2.63. The summed E-state index contributed by atoms with van der Waals surface area (Å²) < 4.78 is 0. The fraction of sp³-hybridized carbons (Fsp3) is 0.190. The number of hydrogen-bond acceptors (Lipinski definition) is 4. The van der Waals surface area contributed by atoms with E-state index in [2.05, 4.69) is 22.2 Å². The van der Waals surface area contributed by atoms with Crippen LogP contribution in [0.1, 0.15) is 18.2 Å². The van der Waals surface area contributed by atoms with Gasteiger partial charge in [-0.05, 0) is 31.0 Å². The Morgan fingerprint density at radius 2 is 1.77 bits per heavy atom. The molecule has 3 aromatic rings. The van der Waals surface area contributed by atoms with Crippen LogP contribution in [0.5, 0.6) is 0 Å². The lowest BCUT2D eigenvalue weighted by molar-refractivity contribution is -0.113. The van der Waals surface area contributed by atoms with Gasteiger partial charge in [0, 0.05) is 16.9 Å². The molecule has 5 heteroatoms. The molecule has 0 atom stereocenters. The molecule has 0 spiro atoms. The Morgan fingerprint density at radius 3 is 2.54 bits per heavy atom. The minimum Gasteiger partial charge on any atom is -0.325 e. The number of rotatable bonds is 6. The van der Waals surface area contributed by atoms with Gasteiger partial charge in [0.15, 0.2) is 5.16 Å². The third-order valence-corrected chi connectivity index (χ3v) is 4.76. The van der Waals surface area contributed by atoms with Gasteiger partial charge in [-0.2, -0.15) is 0 Å². The highest BCUT2D eigenvalue weighted by Crippen LogP contribution is 2.22. The maximum atomic E-state index is 12.3. The molecule has 0 unspecified atom stereocenters. The van der Waals surface area contributed by atoms with Crippen LogP contribution in [0.15, 0.2) is 65.8 Å². The maximum absolute atomic E-state index is 12.3. The summed E-state index contributed by atoms with van der Waals surface area (Å²) in [5.74, 6) is 0.220. The summed E-state index contributed by atoms with van der Waals surface area (Å²) in [6.07, 6.45) is 0.880. The molecular formula is C21H21N3OS. The Bertz CT molecular complexity index is 897. The number of amides is 1. The first-order valence-electron chi connectivity index (χ1n) is 8.57. The lowest BCUT2D eigenvalue weighted by Crippen LogP contribution is -2.15. The van der Waals surface area contributed by atoms with Crippen molar-refractivity contribution in [3.8, 4) is 11.3 Å². The van der Waals surface area contributed by atoms with Gasteiger partial charge in [-0.25, -0.2) is 9.97 Å². The van der Waals surface area contributed by atoms with Gasteiger partial charge in [0.1, 0.15) is 0 Å². The Kier molecular flexibility index (Phi) is 6.02. The maximum Gasteiger partial charge on any atom is 0.234 e. The van der Waals surface area contributed by atoms with Crippen LogP contribution < -0.4 is 5.32 Å². The van der Waals surface area contributed by atoms with Gasteiger partial charge in [-0.15, -0.1) is 0 Å². The van der Waals surface area contributed by atoms with Crippen LogP contribution in [0.2, 0.25) is 0 Å². The number of benzene rings is 2. The summed E-state index contributed by atoms with van der Waals surface area (Å²) in [7, 11) is 0. The zero-order chi connectivity index (χ0) is 18.4. The molecule has 0 aliphatic carbocycles. The highest BCUT2D eigenvalue weighted by Gasteiger charge is 2.10. The summed E-state index contributed by atoms with van der Waals surface area (Å²) in [5.41, 5.74) is 4.80. The van der Waals surface area contributed by atoms with Crippen LogP contribution in [-0.4, -0.2) is 21.6 Å². The molecule has 26 heavy (non-hydrogen) atoms. The molecule has 1 heterocycles. The number of hydrogen-bond donors (Lipinski definition) is 1. The van der Waals surface area contributed by atoms with Crippen LogP contribution >= 0.6 is 11.8 Å². The van der Waals surface area contributed by atoms with E-state index in [9.17, 15) is 4.79 Å². The molecule has 0 fully saturated rings. The third-order valence-electron chi connectivity index (χ3n) is 3.91. The predicted octanol–water partition coefficient (Wildman–Crippen LogP) is 4.75. The number of nitrogens with one attached hydrogen (secondary N) is 1. The number of carbonyl (C=O) groups is 1. The molecule has 4 nitrogen and oxygen atoms in total. The van der Waals surface area contributed by atoms with E-state index in [1.165, 1.54) is 11.8 Å². The van der Waals surface area contributed by atoms with Crippen LogP contribution in [0.25, 0.3) is 11.3 Å². The van der Waals surface area contributed by atoms with E-state index in [0.717, 1.165) is 34.6 Å². The first-order chi connectivity index (χ1) is 12.7. The van der Waals surface area contributed by atoms with Crippen molar-refractivity contribution < 1.29 is 4.79 Å². The van der Waals surface area contributed by atoms with Gasteiger partial charge in [0.05, 0.1) is 11.4 Å². The molecule has 2 aromatic carbocycles. The second kappa shape index (κ2) is 8.63. The summed E-state index contributed by atoms with van der Waals surface area (Å²) in [6.45, 7) is 4.02. The van der Waals surface area contributed by atoms with Gasteiger partial charge in [0.2, 0.25) is 5.91 Å². The molecule has 0 aliphatic rings. The smallest absolute Gasteiger partial charge is 0.234 e. The molecule has 0 aliphatic heterocycles. The molecular weight excluding hydrogens is 342 g/mol. The monoisotopic (exact) mass is 363 g/mol. The van der Waals surface area contributed by atoms with Gasteiger partial charge in [-0.1, -0.05) is 67.2 Å². The largest absolute Gasteiger partial charge is 0.325 e. The fourth-order valence-corrected chi connectivity index (χ4v) is 3.33. The van der Waals surface area contributed by atoms with Crippen molar-refractivity contribution in [2.75, 3.05) is 11.1 Å². The summed E-state index contributed by atoms with van der Waals surface area (Å²) in [5, 5.41) is 3.59. The highest BCUT2D eigenvalue weighted by molar-refractivity contribution is 7.99. The molecule has 132 valence electrons. The number of nitrogens with zero attached hydrogens (tertiary/aromatic N) is 2. The van der Waals surface area contributed by atoms with Gasteiger partial charge >= 0.3 is 0 Å². The van der Waals surface area contributed by atoms with Crippen molar-refractivity contribution in [1.29, 1.82) is 0 Å². The topological polar surface area (TPSA) is 54.9 Å². The highest BCUT2D eigenvalue weighted by atomic mass is 32.2. The van der Waals surface area contributed by atoms with E-state index in [1.807, 2.05) is 67.6 Å². The predicted molar refractivity (Wildman–Crippen MR) is 107 cm³/mol. The first-order valence-corrected chi connectivity index (χ1v) is 9.56.